The van der Waals surface area contributed by atoms with Crippen LogP contribution >= 0.6 is 0 Å². The van der Waals surface area contributed by atoms with E-state index < -0.39 is 0 Å². The van der Waals surface area contributed by atoms with E-state index in [0.717, 1.165) is 0 Å². The Morgan fingerprint density at radius 1 is 0.793 bits per heavy atom. The fourth-order valence-corrected chi connectivity index (χ4v) is 3.45. The van der Waals surface area contributed by atoms with Gasteiger partial charge in [0.1, 0.15) is 22.5 Å². The first-order valence-corrected chi connectivity index (χ1v) is 8.86. The normalized spacial score (nSPS) is 11.1. The molecule has 0 aliphatic rings. The van der Waals surface area contributed by atoms with Gasteiger partial charge in [0.05, 0.1) is 33.8 Å². The molecule has 29 heavy (non-hydrogen) atoms. The first kappa shape index (κ1) is 18.7. The van der Waals surface area contributed by atoms with Gasteiger partial charge in [-0.25, -0.2) is 0 Å². The zero-order chi connectivity index (χ0) is 20.7. The summed E-state index contributed by atoms with van der Waals surface area (Å²) >= 11 is 0. The molecule has 4 rings (SSSR count). The molecule has 2 aromatic carbocycles. The summed E-state index contributed by atoms with van der Waals surface area (Å²) in [6, 6.07) is 8.72. The maximum Gasteiger partial charge on any atom is 0.239 e. The highest BCUT2D eigenvalue weighted by Crippen LogP contribution is 2.40. The molecule has 0 unspecified atom stereocenters. The van der Waals surface area contributed by atoms with E-state index in [1.165, 1.54) is 14.2 Å². The lowest BCUT2D eigenvalue weighted by Gasteiger charge is -2.12. The molecule has 0 radical (unpaired) electrons. The second-order valence-electron chi connectivity index (χ2n) is 6.42. The summed E-state index contributed by atoms with van der Waals surface area (Å²) in [7, 11) is 6.07. The fraction of sp³-hybridized carbons (Fsp3) is 0.227. The lowest BCUT2D eigenvalue weighted by molar-refractivity contribution is 0.355. The van der Waals surface area contributed by atoms with Gasteiger partial charge in [0.25, 0.3) is 0 Å². The third kappa shape index (κ3) is 2.86. The van der Waals surface area contributed by atoms with Crippen LogP contribution in [0.4, 0.5) is 0 Å². The van der Waals surface area contributed by atoms with E-state index in [1.54, 1.807) is 38.5 Å². The van der Waals surface area contributed by atoms with Crippen molar-refractivity contribution in [2.75, 3.05) is 28.4 Å². The molecule has 0 fully saturated rings. The zero-order valence-electron chi connectivity index (χ0n) is 16.7. The van der Waals surface area contributed by atoms with Crippen molar-refractivity contribution in [3.8, 4) is 34.3 Å². The van der Waals surface area contributed by atoms with Crippen molar-refractivity contribution in [2.45, 2.75) is 6.92 Å². The summed E-state index contributed by atoms with van der Waals surface area (Å²) in [4.78, 5) is 13.3. The highest BCUT2D eigenvalue weighted by molar-refractivity contribution is 6.06. The van der Waals surface area contributed by atoms with E-state index in [4.69, 9.17) is 27.8 Å². The molecule has 0 atom stereocenters. The van der Waals surface area contributed by atoms with Crippen molar-refractivity contribution >= 4 is 21.9 Å². The molecule has 2 heterocycles. The van der Waals surface area contributed by atoms with Crippen LogP contribution in [0.15, 0.2) is 44.0 Å². The Morgan fingerprint density at radius 2 is 1.52 bits per heavy atom. The maximum atomic E-state index is 13.3. The molecule has 0 N–H and O–H groups in total. The largest absolute Gasteiger partial charge is 0.496 e. The van der Waals surface area contributed by atoms with Gasteiger partial charge >= 0.3 is 0 Å². The van der Waals surface area contributed by atoms with Crippen LogP contribution in [0, 0.1) is 6.92 Å². The number of benzene rings is 2. The van der Waals surface area contributed by atoms with Crippen molar-refractivity contribution in [3.63, 3.8) is 0 Å². The summed E-state index contributed by atoms with van der Waals surface area (Å²) in [5.41, 5.74) is 1.01. The minimum Gasteiger partial charge on any atom is -0.496 e. The van der Waals surface area contributed by atoms with Gasteiger partial charge < -0.3 is 27.8 Å². The Hall–Kier alpha value is -3.61. The van der Waals surface area contributed by atoms with Gasteiger partial charge in [0.2, 0.25) is 11.2 Å². The number of furan rings is 1. The molecule has 0 bridgehead atoms. The smallest absolute Gasteiger partial charge is 0.239 e. The summed E-state index contributed by atoms with van der Waals surface area (Å²) in [6.07, 6.45) is 0. The standard InChI is InChI=1S/C22H20O7/c1-11-8-13-15(25-3)10-17-18(21(13)28-11)19(23)22(27-5)20(29-17)12-6-7-14(24-2)16(9-12)26-4/h6-10H,1-5H3. The van der Waals surface area contributed by atoms with Gasteiger partial charge in [0, 0.05) is 11.6 Å². The van der Waals surface area contributed by atoms with Crippen molar-refractivity contribution in [1.29, 1.82) is 0 Å². The van der Waals surface area contributed by atoms with E-state index >= 15 is 0 Å². The molecule has 4 aromatic rings. The molecule has 0 aliphatic carbocycles. The number of methoxy groups -OCH3 is 4. The molecule has 0 amide bonds. The Labute approximate surface area is 166 Å². The van der Waals surface area contributed by atoms with Crippen LogP contribution < -0.4 is 24.4 Å². The lowest BCUT2D eigenvalue weighted by Crippen LogP contribution is -2.08. The molecule has 2 aromatic heterocycles. The highest BCUT2D eigenvalue weighted by Gasteiger charge is 2.23. The summed E-state index contributed by atoms with van der Waals surface area (Å²) in [5, 5.41) is 1.00. The van der Waals surface area contributed by atoms with E-state index in [2.05, 4.69) is 0 Å². The van der Waals surface area contributed by atoms with Gasteiger partial charge in [-0.05, 0) is 31.2 Å². The highest BCUT2D eigenvalue weighted by atomic mass is 16.5. The number of hydrogen-bond donors (Lipinski definition) is 0. The van der Waals surface area contributed by atoms with E-state index in [-0.39, 0.29) is 16.9 Å². The summed E-state index contributed by atoms with van der Waals surface area (Å²) < 4.78 is 33.5. The predicted molar refractivity (Wildman–Crippen MR) is 109 cm³/mol. The van der Waals surface area contributed by atoms with Gasteiger partial charge in [-0.1, -0.05) is 0 Å². The first-order chi connectivity index (χ1) is 14.0. The van der Waals surface area contributed by atoms with Crippen LogP contribution in [0.25, 0.3) is 33.3 Å². The minimum absolute atomic E-state index is 0.0743. The maximum absolute atomic E-state index is 13.3. The first-order valence-electron chi connectivity index (χ1n) is 8.86. The quantitative estimate of drug-likeness (QED) is 0.490. The van der Waals surface area contributed by atoms with Gasteiger partial charge in [-0.15, -0.1) is 0 Å². The molecular weight excluding hydrogens is 376 g/mol. The Morgan fingerprint density at radius 3 is 2.17 bits per heavy atom. The zero-order valence-corrected chi connectivity index (χ0v) is 16.7. The van der Waals surface area contributed by atoms with Gasteiger partial charge in [-0.2, -0.15) is 0 Å². The van der Waals surface area contributed by atoms with Crippen LogP contribution in [0.5, 0.6) is 23.0 Å². The van der Waals surface area contributed by atoms with E-state index in [1.807, 2.05) is 13.0 Å². The third-order valence-electron chi connectivity index (χ3n) is 4.78. The van der Waals surface area contributed by atoms with Crippen LogP contribution in [0.2, 0.25) is 0 Å². The second kappa shape index (κ2) is 7.09. The molecule has 0 saturated carbocycles. The van der Waals surface area contributed by atoms with Gasteiger partial charge in [0.15, 0.2) is 22.8 Å². The average molecular weight is 396 g/mol. The molecule has 7 heteroatoms. The summed E-state index contributed by atoms with van der Waals surface area (Å²) in [6.45, 7) is 1.81. The number of ether oxygens (including phenoxy) is 4. The lowest BCUT2D eigenvalue weighted by atomic mass is 10.1. The number of aryl methyl sites for hydroxylation is 1. The van der Waals surface area contributed by atoms with Gasteiger partial charge in [-0.3, -0.25) is 4.79 Å². The third-order valence-corrected chi connectivity index (χ3v) is 4.78. The van der Waals surface area contributed by atoms with Crippen molar-refractivity contribution < 1.29 is 27.8 Å². The van der Waals surface area contributed by atoms with Crippen molar-refractivity contribution in [3.05, 3.63) is 46.3 Å². The number of hydrogen-bond acceptors (Lipinski definition) is 7. The summed E-state index contributed by atoms with van der Waals surface area (Å²) in [5.74, 6) is 2.63. The monoisotopic (exact) mass is 396 g/mol. The Bertz CT molecular complexity index is 1280. The number of rotatable bonds is 5. The fourth-order valence-electron chi connectivity index (χ4n) is 3.45. The average Bonchev–Trinajstić information content (AvgIpc) is 3.13. The van der Waals surface area contributed by atoms with Crippen molar-refractivity contribution in [1.82, 2.24) is 0 Å². The Balaban J connectivity index is 2.09. The Kier molecular flexibility index (Phi) is 4.58. The topological polar surface area (TPSA) is 80.3 Å². The van der Waals surface area contributed by atoms with Crippen molar-refractivity contribution in [2.24, 2.45) is 0 Å². The molecular formula is C22H20O7. The van der Waals surface area contributed by atoms with Crippen LogP contribution in [0.1, 0.15) is 5.76 Å². The predicted octanol–water partition coefficient (Wildman–Crippen LogP) is 4.55. The molecule has 0 spiro atoms. The molecule has 7 nitrogen and oxygen atoms in total. The molecule has 150 valence electrons. The SMILES string of the molecule is COc1ccc(-c2oc3cc(OC)c4cc(C)oc4c3c(=O)c2OC)cc1OC. The van der Waals surface area contributed by atoms with Crippen LogP contribution in [-0.2, 0) is 0 Å². The van der Waals surface area contributed by atoms with E-state index in [0.29, 0.717) is 50.5 Å². The minimum atomic E-state index is -0.333. The molecule has 0 aliphatic heterocycles. The van der Waals surface area contributed by atoms with Crippen LogP contribution in [-0.4, -0.2) is 28.4 Å². The van der Waals surface area contributed by atoms with E-state index in [9.17, 15) is 4.79 Å². The molecule has 0 saturated heterocycles. The van der Waals surface area contributed by atoms with Crippen LogP contribution in [0.3, 0.4) is 0 Å². The number of fused-ring (bicyclic) bond motifs is 3. The second-order valence-corrected chi connectivity index (χ2v) is 6.42.